The summed E-state index contributed by atoms with van der Waals surface area (Å²) in [5, 5.41) is 3.55. The van der Waals surface area contributed by atoms with Gasteiger partial charge in [0.15, 0.2) is 0 Å². The van der Waals surface area contributed by atoms with Gasteiger partial charge in [0.05, 0.1) is 0 Å². The molecule has 1 aliphatic carbocycles. The molecule has 0 radical (unpaired) electrons. The summed E-state index contributed by atoms with van der Waals surface area (Å²) in [4.78, 5) is 6.48. The largest absolute Gasteiger partial charge is 0.310 e. The number of benzene rings is 1. The zero-order valence-electron chi connectivity index (χ0n) is 12.6. The van der Waals surface area contributed by atoms with Crippen LogP contribution in [0.4, 0.5) is 0 Å². The lowest BCUT2D eigenvalue weighted by Crippen LogP contribution is -2.17. The van der Waals surface area contributed by atoms with Crippen molar-refractivity contribution < 1.29 is 0 Å². The second kappa shape index (κ2) is 6.83. The minimum Gasteiger partial charge on any atom is -0.310 e. The van der Waals surface area contributed by atoms with Crippen molar-refractivity contribution in [3.63, 3.8) is 0 Å². The summed E-state index contributed by atoms with van der Waals surface area (Å²) in [6, 6.07) is 13.8. The molecule has 0 amide bonds. The summed E-state index contributed by atoms with van der Waals surface area (Å²) < 4.78 is 0. The molecule has 3 rings (SSSR count). The van der Waals surface area contributed by atoms with Gasteiger partial charge in [0, 0.05) is 38.1 Å². The lowest BCUT2D eigenvalue weighted by Gasteiger charge is -2.16. The Labute approximate surface area is 127 Å². The molecule has 1 aromatic carbocycles. The van der Waals surface area contributed by atoms with Crippen LogP contribution >= 0.6 is 0 Å². The van der Waals surface area contributed by atoms with Crippen molar-refractivity contribution in [2.45, 2.75) is 38.5 Å². The van der Waals surface area contributed by atoms with Crippen molar-refractivity contribution in [2.24, 2.45) is 0 Å². The highest BCUT2D eigenvalue weighted by Crippen LogP contribution is 2.19. The average molecular weight is 281 g/mol. The molecule has 3 heteroatoms. The van der Waals surface area contributed by atoms with Crippen LogP contribution in [0.25, 0.3) is 0 Å². The van der Waals surface area contributed by atoms with Crippen molar-refractivity contribution in [2.75, 3.05) is 7.05 Å². The molecule has 1 saturated carbocycles. The van der Waals surface area contributed by atoms with Crippen LogP contribution in [-0.4, -0.2) is 23.0 Å². The molecular formula is C18H23N3. The van der Waals surface area contributed by atoms with E-state index in [-0.39, 0.29) is 0 Å². The summed E-state index contributed by atoms with van der Waals surface area (Å²) in [5.41, 5.74) is 3.99. The second-order valence-corrected chi connectivity index (χ2v) is 6.01. The van der Waals surface area contributed by atoms with Crippen molar-refractivity contribution >= 4 is 0 Å². The minimum absolute atomic E-state index is 0.773. The summed E-state index contributed by atoms with van der Waals surface area (Å²) in [6.45, 7) is 2.89. The molecule has 0 aliphatic heterocycles. The second-order valence-electron chi connectivity index (χ2n) is 6.01. The number of aromatic nitrogens is 1. The fourth-order valence-corrected chi connectivity index (χ4v) is 2.48. The zero-order chi connectivity index (χ0) is 14.5. The van der Waals surface area contributed by atoms with Gasteiger partial charge in [0.1, 0.15) is 0 Å². The van der Waals surface area contributed by atoms with E-state index in [0.717, 1.165) is 25.7 Å². The van der Waals surface area contributed by atoms with Crippen molar-refractivity contribution in [3.05, 3.63) is 65.5 Å². The van der Waals surface area contributed by atoms with Gasteiger partial charge in [-0.15, -0.1) is 0 Å². The number of hydrogen-bond acceptors (Lipinski definition) is 3. The zero-order valence-corrected chi connectivity index (χ0v) is 12.6. The quantitative estimate of drug-likeness (QED) is 0.845. The Kier molecular flexibility index (Phi) is 4.63. The molecular weight excluding hydrogens is 258 g/mol. The molecule has 3 nitrogen and oxygen atoms in total. The standard InChI is InChI=1S/C18H23N3/c1-21(14-17-3-2-10-19-11-17)13-16-6-4-15(5-7-16)12-20-18-8-9-18/h2-7,10-11,18,20H,8-9,12-14H2,1H3. The third kappa shape index (κ3) is 4.66. The first-order valence-electron chi connectivity index (χ1n) is 7.68. The number of nitrogens with zero attached hydrogens (tertiary/aromatic N) is 2. The van der Waals surface area contributed by atoms with Crippen molar-refractivity contribution in [3.8, 4) is 0 Å². The normalized spacial score (nSPS) is 14.6. The van der Waals surface area contributed by atoms with Crippen LogP contribution in [0.5, 0.6) is 0 Å². The first-order chi connectivity index (χ1) is 10.3. The fourth-order valence-electron chi connectivity index (χ4n) is 2.48. The maximum atomic E-state index is 4.16. The van der Waals surface area contributed by atoms with Crippen LogP contribution in [0.3, 0.4) is 0 Å². The lowest BCUT2D eigenvalue weighted by molar-refractivity contribution is 0.318. The third-order valence-electron chi connectivity index (χ3n) is 3.82. The molecule has 110 valence electrons. The highest BCUT2D eigenvalue weighted by atomic mass is 15.1. The van der Waals surface area contributed by atoms with E-state index < -0.39 is 0 Å². The molecule has 0 unspecified atom stereocenters. The molecule has 21 heavy (non-hydrogen) atoms. The van der Waals surface area contributed by atoms with Gasteiger partial charge in [-0.2, -0.15) is 0 Å². The molecule has 2 aromatic rings. The maximum Gasteiger partial charge on any atom is 0.0312 e. The molecule has 0 saturated heterocycles. The molecule has 1 heterocycles. The minimum atomic E-state index is 0.773. The number of hydrogen-bond donors (Lipinski definition) is 1. The SMILES string of the molecule is CN(Cc1ccc(CNC2CC2)cc1)Cc1cccnc1. The molecule has 1 aromatic heterocycles. The van der Waals surface area contributed by atoms with E-state index in [9.17, 15) is 0 Å². The van der Waals surface area contributed by atoms with Gasteiger partial charge < -0.3 is 5.32 Å². The van der Waals surface area contributed by atoms with Crippen LogP contribution in [0.1, 0.15) is 29.5 Å². The molecule has 0 bridgehead atoms. The highest BCUT2D eigenvalue weighted by molar-refractivity contribution is 5.22. The first-order valence-corrected chi connectivity index (χ1v) is 7.68. The Balaban J connectivity index is 1.49. The molecule has 0 atom stereocenters. The predicted molar refractivity (Wildman–Crippen MR) is 85.7 cm³/mol. The topological polar surface area (TPSA) is 28.2 Å². The molecule has 1 N–H and O–H groups in total. The Morgan fingerprint density at radius 2 is 1.76 bits per heavy atom. The van der Waals surface area contributed by atoms with Crippen LogP contribution in [0.15, 0.2) is 48.8 Å². The molecule has 1 aliphatic rings. The van der Waals surface area contributed by atoms with E-state index in [0.29, 0.717) is 0 Å². The van der Waals surface area contributed by atoms with Crippen LogP contribution in [0, 0.1) is 0 Å². The van der Waals surface area contributed by atoms with Gasteiger partial charge in [-0.3, -0.25) is 9.88 Å². The van der Waals surface area contributed by atoms with E-state index >= 15 is 0 Å². The van der Waals surface area contributed by atoms with Crippen LogP contribution < -0.4 is 5.32 Å². The molecule has 1 fully saturated rings. The van der Waals surface area contributed by atoms with E-state index in [4.69, 9.17) is 0 Å². The summed E-state index contributed by atoms with van der Waals surface area (Å²) in [5.74, 6) is 0. The first kappa shape index (κ1) is 14.2. The van der Waals surface area contributed by atoms with Gasteiger partial charge in [-0.25, -0.2) is 0 Å². The smallest absolute Gasteiger partial charge is 0.0312 e. The van der Waals surface area contributed by atoms with Gasteiger partial charge in [-0.1, -0.05) is 30.3 Å². The van der Waals surface area contributed by atoms with Crippen molar-refractivity contribution in [1.29, 1.82) is 0 Å². The summed E-state index contributed by atoms with van der Waals surface area (Å²) in [6.07, 6.45) is 6.44. The van der Waals surface area contributed by atoms with Crippen LogP contribution in [-0.2, 0) is 19.6 Å². The number of pyridine rings is 1. The Bertz CT molecular complexity index is 546. The summed E-state index contributed by atoms with van der Waals surface area (Å²) in [7, 11) is 2.15. The van der Waals surface area contributed by atoms with Gasteiger partial charge >= 0.3 is 0 Å². The van der Waals surface area contributed by atoms with E-state index in [1.165, 1.54) is 29.5 Å². The lowest BCUT2D eigenvalue weighted by atomic mass is 10.1. The Morgan fingerprint density at radius 3 is 2.43 bits per heavy atom. The third-order valence-corrected chi connectivity index (χ3v) is 3.82. The van der Waals surface area contributed by atoms with Crippen LogP contribution in [0.2, 0.25) is 0 Å². The Hall–Kier alpha value is -1.71. The van der Waals surface area contributed by atoms with E-state index in [1.54, 1.807) is 0 Å². The van der Waals surface area contributed by atoms with Crippen molar-refractivity contribution in [1.82, 2.24) is 15.2 Å². The highest BCUT2D eigenvalue weighted by Gasteiger charge is 2.19. The molecule has 0 spiro atoms. The average Bonchev–Trinajstić information content (AvgIpc) is 3.32. The Morgan fingerprint density at radius 1 is 1.05 bits per heavy atom. The number of rotatable bonds is 7. The van der Waals surface area contributed by atoms with Gasteiger partial charge in [-0.05, 0) is 42.6 Å². The van der Waals surface area contributed by atoms with E-state index in [1.807, 2.05) is 18.5 Å². The predicted octanol–water partition coefficient (Wildman–Crippen LogP) is 2.97. The number of nitrogens with one attached hydrogen (secondary N) is 1. The maximum absolute atomic E-state index is 4.16. The van der Waals surface area contributed by atoms with Gasteiger partial charge in [0.2, 0.25) is 0 Å². The summed E-state index contributed by atoms with van der Waals surface area (Å²) >= 11 is 0. The van der Waals surface area contributed by atoms with Gasteiger partial charge in [0.25, 0.3) is 0 Å². The fraction of sp³-hybridized carbons (Fsp3) is 0.389. The monoisotopic (exact) mass is 281 g/mol. The van der Waals surface area contributed by atoms with E-state index in [2.05, 4.69) is 52.6 Å².